The first-order valence-electron chi connectivity index (χ1n) is 5.81. The van der Waals surface area contributed by atoms with E-state index in [0.29, 0.717) is 12.8 Å². The van der Waals surface area contributed by atoms with Crippen LogP contribution in [0.25, 0.3) is 0 Å². The van der Waals surface area contributed by atoms with Crippen molar-refractivity contribution in [1.29, 1.82) is 0 Å². The summed E-state index contributed by atoms with van der Waals surface area (Å²) in [5, 5.41) is 9.29. The van der Waals surface area contributed by atoms with Gasteiger partial charge in [0.15, 0.2) is 0 Å². The van der Waals surface area contributed by atoms with Crippen molar-refractivity contribution in [3.63, 3.8) is 0 Å². The van der Waals surface area contributed by atoms with Crippen molar-refractivity contribution >= 4 is 12.1 Å². The minimum atomic E-state index is -1.19. The molecule has 0 spiro atoms. The van der Waals surface area contributed by atoms with Gasteiger partial charge in [0.25, 0.3) is 0 Å². The largest absolute Gasteiger partial charge is 0.479 e. The number of aliphatic carboxylic acids is 1. The zero-order valence-electron chi connectivity index (χ0n) is 11.5. The van der Waals surface area contributed by atoms with Gasteiger partial charge in [-0.05, 0) is 33.6 Å². The maximum Gasteiger partial charge on any atom is 0.410 e. The molecule has 0 fully saturated rings. The Balaban J connectivity index is 5.04. The molecule has 1 N–H and O–H groups in total. The average Bonchev–Trinajstić information content (AvgIpc) is 2.17. The topological polar surface area (TPSA) is 66.8 Å². The van der Waals surface area contributed by atoms with Crippen LogP contribution in [0.2, 0.25) is 0 Å². The molecule has 1 amide bonds. The molecule has 0 saturated carbocycles. The van der Waals surface area contributed by atoms with Gasteiger partial charge in [-0.3, -0.25) is 4.90 Å². The van der Waals surface area contributed by atoms with Crippen LogP contribution in [-0.2, 0) is 9.53 Å². The minimum absolute atomic E-state index is 0.342. The van der Waals surface area contributed by atoms with Gasteiger partial charge in [0, 0.05) is 7.05 Å². The summed E-state index contributed by atoms with van der Waals surface area (Å²) >= 11 is 0. The lowest BCUT2D eigenvalue weighted by Gasteiger charge is -2.37. The van der Waals surface area contributed by atoms with Crippen molar-refractivity contribution in [2.75, 3.05) is 7.05 Å². The van der Waals surface area contributed by atoms with Crippen LogP contribution in [-0.4, -0.2) is 40.3 Å². The van der Waals surface area contributed by atoms with Crippen LogP contribution in [0, 0.1) is 0 Å². The van der Waals surface area contributed by atoms with Gasteiger partial charge in [-0.1, -0.05) is 13.8 Å². The van der Waals surface area contributed by atoms with Gasteiger partial charge >= 0.3 is 12.1 Å². The highest BCUT2D eigenvalue weighted by Crippen LogP contribution is 2.25. The van der Waals surface area contributed by atoms with E-state index in [1.54, 1.807) is 34.6 Å². The number of nitrogens with zero attached hydrogens (tertiary/aromatic N) is 1. The number of hydrogen-bond acceptors (Lipinski definition) is 3. The Morgan fingerprint density at radius 3 is 1.82 bits per heavy atom. The summed E-state index contributed by atoms with van der Waals surface area (Å²) in [6.07, 6.45) is 0.0759. The number of amides is 1. The van der Waals surface area contributed by atoms with E-state index in [1.807, 2.05) is 0 Å². The van der Waals surface area contributed by atoms with Crippen LogP contribution in [0.1, 0.15) is 47.5 Å². The lowest BCUT2D eigenvalue weighted by molar-refractivity contribution is -0.151. The summed E-state index contributed by atoms with van der Waals surface area (Å²) in [6, 6.07) is 0. The SMILES string of the molecule is CCC(CC)(C(=O)O)N(C)C(=O)OC(C)(C)C. The minimum Gasteiger partial charge on any atom is -0.479 e. The van der Waals surface area contributed by atoms with Crippen LogP contribution >= 0.6 is 0 Å². The van der Waals surface area contributed by atoms with E-state index in [9.17, 15) is 14.7 Å². The smallest absolute Gasteiger partial charge is 0.410 e. The molecule has 0 bridgehead atoms. The summed E-state index contributed by atoms with van der Waals surface area (Å²) < 4.78 is 5.18. The van der Waals surface area contributed by atoms with Gasteiger partial charge in [0.1, 0.15) is 11.1 Å². The van der Waals surface area contributed by atoms with Crippen LogP contribution in [0.4, 0.5) is 4.79 Å². The molecule has 0 atom stereocenters. The first-order valence-corrected chi connectivity index (χ1v) is 5.81. The fourth-order valence-corrected chi connectivity index (χ4v) is 1.68. The summed E-state index contributed by atoms with van der Waals surface area (Å²) in [7, 11) is 1.47. The molecule has 17 heavy (non-hydrogen) atoms. The van der Waals surface area contributed by atoms with Crippen molar-refractivity contribution < 1.29 is 19.4 Å². The third-order valence-electron chi connectivity index (χ3n) is 2.88. The summed E-state index contributed by atoms with van der Waals surface area (Å²) in [5.41, 5.74) is -1.82. The van der Waals surface area contributed by atoms with E-state index in [1.165, 1.54) is 11.9 Å². The molecule has 0 rings (SSSR count). The zero-order chi connectivity index (χ0) is 13.9. The first-order chi connectivity index (χ1) is 7.60. The summed E-state index contributed by atoms with van der Waals surface area (Å²) in [6.45, 7) is 8.74. The van der Waals surface area contributed by atoms with Crippen LogP contribution in [0.3, 0.4) is 0 Å². The van der Waals surface area contributed by atoms with Gasteiger partial charge in [-0.25, -0.2) is 9.59 Å². The maximum absolute atomic E-state index is 11.9. The Kier molecular flexibility index (Phi) is 4.98. The van der Waals surface area contributed by atoms with E-state index in [0.717, 1.165) is 0 Å². The predicted octanol–water partition coefficient (Wildman–Crippen LogP) is 2.50. The molecular weight excluding hydrogens is 222 g/mol. The quantitative estimate of drug-likeness (QED) is 0.826. The van der Waals surface area contributed by atoms with Crippen LogP contribution < -0.4 is 0 Å². The molecule has 0 aromatic heterocycles. The number of carbonyl (C=O) groups is 2. The van der Waals surface area contributed by atoms with E-state index in [4.69, 9.17) is 4.74 Å². The molecule has 5 heteroatoms. The Hall–Kier alpha value is -1.26. The number of carboxylic acid groups (broad SMARTS) is 1. The van der Waals surface area contributed by atoms with Gasteiger partial charge in [0.2, 0.25) is 0 Å². The number of carboxylic acids is 1. The van der Waals surface area contributed by atoms with E-state index in [2.05, 4.69) is 0 Å². The van der Waals surface area contributed by atoms with Crippen LogP contribution in [0.5, 0.6) is 0 Å². The van der Waals surface area contributed by atoms with Gasteiger partial charge in [-0.15, -0.1) is 0 Å². The maximum atomic E-state index is 11.9. The molecule has 0 aromatic carbocycles. The van der Waals surface area contributed by atoms with Crippen molar-refractivity contribution in [2.45, 2.75) is 58.6 Å². The van der Waals surface area contributed by atoms with E-state index >= 15 is 0 Å². The molecule has 100 valence electrons. The Morgan fingerprint density at radius 2 is 1.59 bits per heavy atom. The highest BCUT2D eigenvalue weighted by atomic mass is 16.6. The van der Waals surface area contributed by atoms with Crippen molar-refractivity contribution in [3.05, 3.63) is 0 Å². The zero-order valence-corrected chi connectivity index (χ0v) is 11.5. The third-order valence-corrected chi connectivity index (χ3v) is 2.88. The first kappa shape index (κ1) is 15.7. The molecule has 0 aliphatic carbocycles. The second kappa shape index (κ2) is 5.38. The molecule has 0 aliphatic heterocycles. The van der Waals surface area contributed by atoms with E-state index in [-0.39, 0.29) is 0 Å². The lowest BCUT2D eigenvalue weighted by atomic mass is 9.91. The third kappa shape index (κ3) is 3.61. The van der Waals surface area contributed by atoms with E-state index < -0.39 is 23.2 Å². The molecule has 0 aromatic rings. The number of ether oxygens (including phenoxy) is 1. The normalized spacial score (nSPS) is 12.1. The monoisotopic (exact) mass is 245 g/mol. The van der Waals surface area contributed by atoms with Crippen molar-refractivity contribution in [3.8, 4) is 0 Å². The standard InChI is InChI=1S/C12H23NO4/c1-7-12(8-2,9(14)15)13(6)10(16)17-11(3,4)5/h7-8H2,1-6H3,(H,14,15). The average molecular weight is 245 g/mol. The van der Waals surface area contributed by atoms with Gasteiger partial charge in [-0.2, -0.15) is 0 Å². The second-order valence-corrected chi connectivity index (χ2v) is 5.08. The highest BCUT2D eigenvalue weighted by Gasteiger charge is 2.43. The molecule has 0 unspecified atom stereocenters. The fourth-order valence-electron chi connectivity index (χ4n) is 1.68. The lowest BCUT2D eigenvalue weighted by Crippen LogP contribution is -2.55. The number of hydrogen-bond donors (Lipinski definition) is 1. The summed E-state index contributed by atoms with van der Waals surface area (Å²) in [5.74, 6) is -1.00. The number of likely N-dealkylation sites (N-methyl/N-ethyl adjacent to an activating group) is 1. The Bertz CT molecular complexity index is 289. The predicted molar refractivity (Wildman–Crippen MR) is 64.9 cm³/mol. The fraction of sp³-hybridized carbons (Fsp3) is 0.833. The molecule has 5 nitrogen and oxygen atoms in total. The Labute approximate surface area is 103 Å². The van der Waals surface area contributed by atoms with Gasteiger partial charge in [0.05, 0.1) is 0 Å². The molecule has 0 saturated heterocycles. The molecule has 0 heterocycles. The molecule has 0 aliphatic rings. The van der Waals surface area contributed by atoms with Crippen LogP contribution in [0.15, 0.2) is 0 Å². The van der Waals surface area contributed by atoms with Gasteiger partial charge < -0.3 is 9.84 Å². The molecule has 0 radical (unpaired) electrons. The second-order valence-electron chi connectivity index (χ2n) is 5.08. The summed E-state index contributed by atoms with van der Waals surface area (Å²) in [4.78, 5) is 24.4. The number of rotatable bonds is 4. The van der Waals surface area contributed by atoms with Crippen molar-refractivity contribution in [2.24, 2.45) is 0 Å². The Morgan fingerprint density at radius 1 is 1.18 bits per heavy atom. The molecular formula is C12H23NO4. The number of carbonyl (C=O) groups excluding carboxylic acids is 1. The van der Waals surface area contributed by atoms with Crippen molar-refractivity contribution in [1.82, 2.24) is 4.90 Å². The highest BCUT2D eigenvalue weighted by molar-refractivity contribution is 5.84.